The Morgan fingerprint density at radius 3 is 3.07 bits per heavy atom. The monoisotopic (exact) mass is 196 g/mol. The van der Waals surface area contributed by atoms with Crippen molar-refractivity contribution in [2.24, 2.45) is 5.73 Å². The molecule has 0 bridgehead atoms. The number of nitrogens with zero attached hydrogens (tertiary/aromatic N) is 2. The number of aromatic nitrogens is 3. The van der Waals surface area contributed by atoms with Gasteiger partial charge in [0.1, 0.15) is 5.82 Å². The van der Waals surface area contributed by atoms with E-state index in [0.717, 1.165) is 31.1 Å². The largest absolute Gasteiger partial charge is 0.380 e. The highest BCUT2D eigenvalue weighted by molar-refractivity contribution is 5.07. The summed E-state index contributed by atoms with van der Waals surface area (Å²) in [5.41, 5.74) is 5.43. The van der Waals surface area contributed by atoms with Crippen LogP contribution in [0, 0.1) is 0 Å². The molecular weight excluding hydrogens is 180 g/mol. The molecule has 0 spiro atoms. The van der Waals surface area contributed by atoms with Gasteiger partial charge in [-0.1, -0.05) is 6.92 Å². The Morgan fingerprint density at radius 2 is 2.50 bits per heavy atom. The molecule has 78 valence electrons. The number of rotatable bonds is 2. The number of aromatic amines is 1. The van der Waals surface area contributed by atoms with Crippen LogP contribution in [0.1, 0.15) is 31.4 Å². The van der Waals surface area contributed by atoms with Crippen molar-refractivity contribution >= 4 is 0 Å². The zero-order valence-electron chi connectivity index (χ0n) is 8.42. The smallest absolute Gasteiger partial charge is 0.158 e. The maximum absolute atomic E-state index is 5.47. The summed E-state index contributed by atoms with van der Waals surface area (Å²) in [6.07, 6.45) is 2.15. The SMILES string of the molecule is CC1(c2n[nH]c(CN)n2)CCCOC1. The minimum atomic E-state index is -0.0395. The Labute approximate surface area is 83.1 Å². The lowest BCUT2D eigenvalue weighted by atomic mass is 9.84. The van der Waals surface area contributed by atoms with Crippen molar-refractivity contribution in [3.8, 4) is 0 Å². The highest BCUT2D eigenvalue weighted by Crippen LogP contribution is 2.29. The van der Waals surface area contributed by atoms with Gasteiger partial charge in [0.25, 0.3) is 0 Å². The maximum Gasteiger partial charge on any atom is 0.158 e. The normalized spacial score (nSPS) is 27.9. The van der Waals surface area contributed by atoms with Gasteiger partial charge in [-0.05, 0) is 12.8 Å². The summed E-state index contributed by atoms with van der Waals surface area (Å²) in [5, 5.41) is 7.02. The van der Waals surface area contributed by atoms with E-state index in [9.17, 15) is 0 Å². The van der Waals surface area contributed by atoms with Crippen molar-refractivity contribution in [2.45, 2.75) is 31.7 Å². The topological polar surface area (TPSA) is 76.8 Å². The third kappa shape index (κ3) is 1.65. The molecule has 0 aromatic carbocycles. The average molecular weight is 196 g/mol. The first kappa shape index (κ1) is 9.61. The first-order valence-electron chi connectivity index (χ1n) is 4.94. The molecule has 1 fully saturated rings. The van der Waals surface area contributed by atoms with Crippen LogP contribution < -0.4 is 5.73 Å². The second kappa shape index (κ2) is 3.67. The fourth-order valence-corrected chi connectivity index (χ4v) is 1.77. The molecule has 3 N–H and O–H groups in total. The van der Waals surface area contributed by atoms with Crippen LogP contribution >= 0.6 is 0 Å². The summed E-state index contributed by atoms with van der Waals surface area (Å²) in [4.78, 5) is 4.35. The second-order valence-electron chi connectivity index (χ2n) is 4.03. The molecule has 0 amide bonds. The first-order chi connectivity index (χ1) is 6.74. The van der Waals surface area contributed by atoms with Crippen molar-refractivity contribution in [1.82, 2.24) is 15.2 Å². The van der Waals surface area contributed by atoms with Crippen LogP contribution in [0.5, 0.6) is 0 Å². The summed E-state index contributed by atoms with van der Waals surface area (Å²) >= 11 is 0. The van der Waals surface area contributed by atoms with E-state index in [-0.39, 0.29) is 5.41 Å². The lowest BCUT2D eigenvalue weighted by molar-refractivity contribution is 0.0385. The van der Waals surface area contributed by atoms with Gasteiger partial charge in [-0.15, -0.1) is 0 Å². The molecule has 1 saturated heterocycles. The molecule has 1 atom stereocenters. The highest BCUT2D eigenvalue weighted by Gasteiger charge is 2.33. The number of ether oxygens (including phenoxy) is 1. The van der Waals surface area contributed by atoms with Gasteiger partial charge in [-0.25, -0.2) is 4.98 Å². The van der Waals surface area contributed by atoms with Gasteiger partial charge in [0.15, 0.2) is 5.82 Å². The van der Waals surface area contributed by atoms with E-state index >= 15 is 0 Å². The Kier molecular flexibility index (Phi) is 2.52. The van der Waals surface area contributed by atoms with E-state index in [2.05, 4.69) is 22.1 Å². The molecule has 2 rings (SSSR count). The predicted octanol–water partition coefficient (Wildman–Crippen LogP) is 0.331. The van der Waals surface area contributed by atoms with Gasteiger partial charge in [-0.2, -0.15) is 5.10 Å². The fourth-order valence-electron chi connectivity index (χ4n) is 1.77. The van der Waals surface area contributed by atoms with Crippen molar-refractivity contribution in [1.29, 1.82) is 0 Å². The molecule has 1 aliphatic rings. The highest BCUT2D eigenvalue weighted by atomic mass is 16.5. The number of nitrogens with two attached hydrogens (primary N) is 1. The first-order valence-corrected chi connectivity index (χ1v) is 4.94. The van der Waals surface area contributed by atoms with E-state index < -0.39 is 0 Å². The molecule has 5 heteroatoms. The van der Waals surface area contributed by atoms with Crippen LogP contribution in [-0.2, 0) is 16.7 Å². The molecule has 14 heavy (non-hydrogen) atoms. The molecule has 2 heterocycles. The number of nitrogens with one attached hydrogen (secondary N) is 1. The second-order valence-corrected chi connectivity index (χ2v) is 4.03. The summed E-state index contributed by atoms with van der Waals surface area (Å²) in [5.74, 6) is 1.57. The lowest BCUT2D eigenvalue weighted by Crippen LogP contribution is -2.34. The zero-order chi connectivity index (χ0) is 10.0. The average Bonchev–Trinajstić information content (AvgIpc) is 2.67. The van der Waals surface area contributed by atoms with Crippen LogP contribution in [-0.4, -0.2) is 28.4 Å². The van der Waals surface area contributed by atoms with Crippen molar-refractivity contribution < 1.29 is 4.74 Å². The quantitative estimate of drug-likeness (QED) is 0.714. The van der Waals surface area contributed by atoms with Crippen LogP contribution in [0.2, 0.25) is 0 Å². The van der Waals surface area contributed by atoms with Crippen molar-refractivity contribution in [3.05, 3.63) is 11.6 Å². The standard InChI is InChI=1S/C9H16N4O/c1-9(3-2-4-14-6-9)8-11-7(5-10)12-13-8/h2-6,10H2,1H3,(H,11,12,13). The van der Waals surface area contributed by atoms with Gasteiger partial charge < -0.3 is 10.5 Å². The van der Waals surface area contributed by atoms with E-state index in [1.807, 2.05) is 0 Å². The van der Waals surface area contributed by atoms with E-state index in [1.165, 1.54) is 0 Å². The summed E-state index contributed by atoms with van der Waals surface area (Å²) in [7, 11) is 0. The lowest BCUT2D eigenvalue weighted by Gasteiger charge is -2.30. The van der Waals surface area contributed by atoms with Crippen LogP contribution in [0.3, 0.4) is 0 Å². The Morgan fingerprint density at radius 1 is 1.64 bits per heavy atom. The van der Waals surface area contributed by atoms with Crippen LogP contribution in [0.4, 0.5) is 0 Å². The molecule has 5 nitrogen and oxygen atoms in total. The fraction of sp³-hybridized carbons (Fsp3) is 0.778. The Balaban J connectivity index is 2.19. The number of hydrogen-bond acceptors (Lipinski definition) is 4. The van der Waals surface area contributed by atoms with Crippen molar-refractivity contribution in [3.63, 3.8) is 0 Å². The molecule has 1 aromatic heterocycles. The predicted molar refractivity (Wildman–Crippen MR) is 51.7 cm³/mol. The van der Waals surface area contributed by atoms with E-state index in [1.54, 1.807) is 0 Å². The van der Waals surface area contributed by atoms with Gasteiger partial charge in [-0.3, -0.25) is 5.10 Å². The number of H-pyrrole nitrogens is 1. The Bertz CT molecular complexity index is 304. The van der Waals surface area contributed by atoms with Crippen LogP contribution in [0.25, 0.3) is 0 Å². The Hall–Kier alpha value is -0.940. The van der Waals surface area contributed by atoms with E-state index in [0.29, 0.717) is 13.2 Å². The summed E-state index contributed by atoms with van der Waals surface area (Å²) in [6, 6.07) is 0. The maximum atomic E-state index is 5.47. The van der Waals surface area contributed by atoms with Gasteiger partial charge in [0.2, 0.25) is 0 Å². The molecule has 0 saturated carbocycles. The molecule has 1 unspecified atom stereocenters. The van der Waals surface area contributed by atoms with Crippen molar-refractivity contribution in [2.75, 3.05) is 13.2 Å². The van der Waals surface area contributed by atoms with Gasteiger partial charge in [0.05, 0.1) is 18.6 Å². The summed E-state index contributed by atoms with van der Waals surface area (Å²) < 4.78 is 5.46. The minimum Gasteiger partial charge on any atom is -0.380 e. The molecular formula is C9H16N4O. The molecule has 1 aliphatic heterocycles. The number of hydrogen-bond donors (Lipinski definition) is 2. The summed E-state index contributed by atoms with van der Waals surface area (Å²) in [6.45, 7) is 4.10. The van der Waals surface area contributed by atoms with Crippen LogP contribution in [0.15, 0.2) is 0 Å². The third-order valence-electron chi connectivity index (χ3n) is 2.70. The van der Waals surface area contributed by atoms with Gasteiger partial charge in [0, 0.05) is 6.61 Å². The molecule has 0 aliphatic carbocycles. The molecule has 1 aromatic rings. The van der Waals surface area contributed by atoms with E-state index in [4.69, 9.17) is 10.5 Å². The van der Waals surface area contributed by atoms with Gasteiger partial charge >= 0.3 is 0 Å². The minimum absolute atomic E-state index is 0.0395. The molecule has 0 radical (unpaired) electrons. The zero-order valence-corrected chi connectivity index (χ0v) is 8.42. The third-order valence-corrected chi connectivity index (χ3v) is 2.70.